The van der Waals surface area contributed by atoms with Crippen molar-refractivity contribution in [1.29, 1.82) is 0 Å². The van der Waals surface area contributed by atoms with Gasteiger partial charge in [0.15, 0.2) is 11.4 Å². The average Bonchev–Trinajstić information content (AvgIpc) is 2.47. The number of aldehydes is 1. The van der Waals surface area contributed by atoms with Crippen LogP contribution in [0.2, 0.25) is 0 Å². The molecular formula is C9H14N2OS. The van der Waals surface area contributed by atoms with Crippen LogP contribution in [0, 0.1) is 0 Å². The van der Waals surface area contributed by atoms with E-state index >= 15 is 0 Å². The molecule has 0 fully saturated rings. The highest BCUT2D eigenvalue weighted by atomic mass is 32.1. The summed E-state index contributed by atoms with van der Waals surface area (Å²) in [5.74, 6) is 0.310. The van der Waals surface area contributed by atoms with Crippen molar-refractivity contribution in [3.8, 4) is 0 Å². The third-order valence-electron chi connectivity index (χ3n) is 1.71. The largest absolute Gasteiger partial charge is 0.354 e. The molecule has 0 spiro atoms. The van der Waals surface area contributed by atoms with Crippen LogP contribution in [0.25, 0.3) is 0 Å². The number of thiazole rings is 1. The first kappa shape index (κ1) is 10.2. The Hall–Kier alpha value is -0.900. The van der Waals surface area contributed by atoms with Gasteiger partial charge >= 0.3 is 0 Å². The van der Waals surface area contributed by atoms with Crippen LogP contribution < -0.4 is 4.90 Å². The number of aromatic nitrogens is 1. The highest BCUT2D eigenvalue weighted by Crippen LogP contribution is 2.28. The van der Waals surface area contributed by atoms with Crippen molar-refractivity contribution in [1.82, 2.24) is 4.98 Å². The summed E-state index contributed by atoms with van der Waals surface area (Å²) < 4.78 is 0. The number of carbonyl (C=O) groups is 1. The minimum Gasteiger partial charge on any atom is -0.354 e. The monoisotopic (exact) mass is 198 g/mol. The minimum absolute atomic E-state index is 0.310. The molecule has 0 unspecified atom stereocenters. The Morgan fingerprint density at radius 1 is 1.46 bits per heavy atom. The van der Waals surface area contributed by atoms with Gasteiger partial charge in [-0.25, -0.2) is 4.98 Å². The first-order chi connectivity index (χ1) is 6.06. The van der Waals surface area contributed by atoms with Gasteiger partial charge in [-0.05, 0) is 5.92 Å². The number of nitrogens with zero attached hydrogens (tertiary/aromatic N) is 2. The molecule has 1 aromatic rings. The minimum atomic E-state index is 0.310. The van der Waals surface area contributed by atoms with E-state index in [1.165, 1.54) is 11.3 Å². The van der Waals surface area contributed by atoms with Gasteiger partial charge in [-0.2, -0.15) is 0 Å². The van der Waals surface area contributed by atoms with E-state index in [0.717, 1.165) is 22.0 Å². The summed E-state index contributed by atoms with van der Waals surface area (Å²) in [4.78, 5) is 17.8. The second kappa shape index (κ2) is 3.87. The normalized spacial score (nSPS) is 10.5. The topological polar surface area (TPSA) is 33.2 Å². The summed E-state index contributed by atoms with van der Waals surface area (Å²) in [7, 11) is 3.86. The number of rotatable bonds is 3. The van der Waals surface area contributed by atoms with Gasteiger partial charge in [0.25, 0.3) is 0 Å². The maximum absolute atomic E-state index is 10.7. The molecule has 72 valence electrons. The summed E-state index contributed by atoms with van der Waals surface area (Å²) in [6.07, 6.45) is 0.889. The predicted octanol–water partition coefficient (Wildman–Crippen LogP) is 2.15. The van der Waals surface area contributed by atoms with Crippen molar-refractivity contribution in [2.24, 2.45) is 0 Å². The predicted molar refractivity (Wildman–Crippen MR) is 55.9 cm³/mol. The van der Waals surface area contributed by atoms with E-state index in [4.69, 9.17) is 0 Å². The Morgan fingerprint density at radius 3 is 2.38 bits per heavy atom. The Morgan fingerprint density at radius 2 is 2.08 bits per heavy atom. The molecule has 0 aliphatic carbocycles. The van der Waals surface area contributed by atoms with Gasteiger partial charge < -0.3 is 4.90 Å². The zero-order valence-corrected chi connectivity index (χ0v) is 9.18. The Labute approximate surface area is 82.4 Å². The lowest BCUT2D eigenvalue weighted by Crippen LogP contribution is -2.08. The summed E-state index contributed by atoms with van der Waals surface area (Å²) in [6, 6.07) is 0. The molecule has 0 aromatic carbocycles. The molecule has 0 N–H and O–H groups in total. The molecule has 0 saturated heterocycles. The molecule has 0 aliphatic heterocycles. The van der Waals surface area contributed by atoms with Gasteiger partial charge in [0, 0.05) is 14.1 Å². The zero-order valence-electron chi connectivity index (χ0n) is 8.37. The summed E-state index contributed by atoms with van der Waals surface area (Å²) in [5, 5.41) is 0.894. The average molecular weight is 198 g/mol. The molecule has 0 aliphatic rings. The molecule has 4 heteroatoms. The molecule has 1 heterocycles. The molecule has 0 saturated carbocycles. The first-order valence-corrected chi connectivity index (χ1v) is 5.01. The second-order valence-electron chi connectivity index (χ2n) is 3.41. The molecule has 13 heavy (non-hydrogen) atoms. The molecule has 0 amide bonds. The van der Waals surface area contributed by atoms with E-state index in [0.29, 0.717) is 5.92 Å². The molecule has 0 atom stereocenters. The van der Waals surface area contributed by atoms with E-state index in [1.54, 1.807) is 0 Å². The highest BCUT2D eigenvalue weighted by molar-refractivity contribution is 7.17. The smallest absolute Gasteiger partial charge is 0.185 e. The fourth-order valence-corrected chi connectivity index (χ4v) is 1.98. The summed E-state index contributed by atoms with van der Waals surface area (Å²) in [5.41, 5.74) is 0.906. The lowest BCUT2D eigenvalue weighted by molar-refractivity contribution is 0.112. The van der Waals surface area contributed by atoms with Crippen molar-refractivity contribution in [2.45, 2.75) is 19.8 Å². The summed E-state index contributed by atoms with van der Waals surface area (Å²) >= 11 is 1.44. The van der Waals surface area contributed by atoms with Gasteiger partial charge in [-0.1, -0.05) is 25.2 Å². The zero-order chi connectivity index (χ0) is 10.0. The standard InChI is InChI=1S/C9H14N2OS/c1-6(2)8-7(5-12)13-9(10-8)11(3)4/h5-6H,1-4H3. The first-order valence-electron chi connectivity index (χ1n) is 4.19. The maximum Gasteiger partial charge on any atom is 0.185 e. The summed E-state index contributed by atoms with van der Waals surface area (Å²) in [6.45, 7) is 4.09. The van der Waals surface area contributed by atoms with Crippen LogP contribution in [0.4, 0.5) is 5.13 Å². The SMILES string of the molecule is CC(C)c1nc(N(C)C)sc1C=O. The van der Waals surface area contributed by atoms with Crippen LogP contribution in [-0.2, 0) is 0 Å². The van der Waals surface area contributed by atoms with Crippen molar-refractivity contribution in [2.75, 3.05) is 19.0 Å². The van der Waals surface area contributed by atoms with Crippen LogP contribution in [0.1, 0.15) is 35.1 Å². The number of hydrogen-bond donors (Lipinski definition) is 0. The van der Waals surface area contributed by atoms with Crippen molar-refractivity contribution < 1.29 is 4.79 Å². The van der Waals surface area contributed by atoms with Gasteiger partial charge in [0.2, 0.25) is 0 Å². The van der Waals surface area contributed by atoms with Gasteiger partial charge in [-0.15, -0.1) is 0 Å². The fraction of sp³-hybridized carbons (Fsp3) is 0.556. The van der Waals surface area contributed by atoms with Crippen molar-refractivity contribution in [3.63, 3.8) is 0 Å². The quantitative estimate of drug-likeness (QED) is 0.698. The van der Waals surface area contributed by atoms with E-state index in [9.17, 15) is 4.79 Å². The second-order valence-corrected chi connectivity index (χ2v) is 4.42. The molecule has 1 rings (SSSR count). The Kier molecular flexibility index (Phi) is 3.03. The van der Waals surface area contributed by atoms with Crippen LogP contribution in [0.15, 0.2) is 0 Å². The molecule has 1 aromatic heterocycles. The molecule has 3 nitrogen and oxygen atoms in total. The third kappa shape index (κ3) is 2.06. The van der Waals surface area contributed by atoms with E-state index in [1.807, 2.05) is 32.8 Å². The van der Waals surface area contributed by atoms with Gasteiger partial charge in [0.1, 0.15) is 0 Å². The van der Waals surface area contributed by atoms with Crippen LogP contribution >= 0.6 is 11.3 Å². The maximum atomic E-state index is 10.7. The van der Waals surface area contributed by atoms with E-state index < -0.39 is 0 Å². The van der Waals surface area contributed by atoms with Crippen LogP contribution in [0.5, 0.6) is 0 Å². The van der Waals surface area contributed by atoms with Gasteiger partial charge in [0.05, 0.1) is 10.6 Å². The van der Waals surface area contributed by atoms with Crippen molar-refractivity contribution >= 4 is 22.8 Å². The van der Waals surface area contributed by atoms with Gasteiger partial charge in [-0.3, -0.25) is 4.79 Å². The fourth-order valence-electron chi connectivity index (χ4n) is 1.02. The van der Waals surface area contributed by atoms with Crippen molar-refractivity contribution in [3.05, 3.63) is 10.6 Å². The lowest BCUT2D eigenvalue weighted by Gasteiger charge is -2.05. The number of carbonyl (C=O) groups excluding carboxylic acids is 1. The molecular weight excluding hydrogens is 184 g/mol. The van der Waals surface area contributed by atoms with Crippen LogP contribution in [-0.4, -0.2) is 25.4 Å². The van der Waals surface area contributed by atoms with E-state index in [-0.39, 0.29) is 0 Å². The van der Waals surface area contributed by atoms with Crippen LogP contribution in [0.3, 0.4) is 0 Å². The highest BCUT2D eigenvalue weighted by Gasteiger charge is 2.14. The third-order valence-corrected chi connectivity index (χ3v) is 2.87. The van der Waals surface area contributed by atoms with E-state index in [2.05, 4.69) is 4.98 Å². The molecule has 0 bridgehead atoms. The Bertz CT molecular complexity index is 305. The molecule has 0 radical (unpaired) electrons. The number of hydrogen-bond acceptors (Lipinski definition) is 4. The Balaban J connectivity index is 3.11. The number of anilines is 1. The lowest BCUT2D eigenvalue weighted by atomic mass is 10.1.